The molecule has 3 rings (SSSR count). The lowest BCUT2D eigenvalue weighted by Gasteiger charge is -2.02. The van der Waals surface area contributed by atoms with E-state index in [9.17, 15) is 4.79 Å². The van der Waals surface area contributed by atoms with Crippen LogP contribution in [-0.2, 0) is 0 Å². The first-order valence-corrected chi connectivity index (χ1v) is 7.18. The van der Waals surface area contributed by atoms with E-state index in [0.29, 0.717) is 21.6 Å². The number of carbonyl (C=O) groups excluding carboxylic acids is 1. The minimum absolute atomic E-state index is 0.0304. The molecule has 0 unspecified atom stereocenters. The van der Waals surface area contributed by atoms with Gasteiger partial charge in [-0.25, -0.2) is 9.97 Å². The number of amides is 1. The number of aromatic amines is 1. The van der Waals surface area contributed by atoms with Crippen LogP contribution in [0.3, 0.4) is 0 Å². The number of hydrogen-bond acceptors (Lipinski definition) is 5. The number of H-pyrrole nitrogens is 1. The zero-order chi connectivity index (χ0) is 16.4. The molecule has 0 aliphatic heterocycles. The smallest absolute Gasteiger partial charge is 0.279 e. The summed E-state index contributed by atoms with van der Waals surface area (Å²) in [6, 6.07) is 6.73. The van der Waals surface area contributed by atoms with Crippen molar-refractivity contribution in [2.24, 2.45) is 0 Å². The SMILES string of the molecule is Nc1nccnc1C(=O)Nc1cc(-c2cc(Cl)cc(Cl)c2)[nH]n1. The van der Waals surface area contributed by atoms with Crippen LogP contribution in [0.5, 0.6) is 0 Å². The van der Waals surface area contributed by atoms with E-state index >= 15 is 0 Å². The number of carbonyl (C=O) groups is 1. The van der Waals surface area contributed by atoms with E-state index < -0.39 is 5.91 Å². The van der Waals surface area contributed by atoms with Gasteiger partial charge in [0.1, 0.15) is 0 Å². The topological polar surface area (TPSA) is 110 Å². The van der Waals surface area contributed by atoms with Gasteiger partial charge >= 0.3 is 0 Å². The van der Waals surface area contributed by atoms with Crippen LogP contribution >= 0.6 is 23.2 Å². The van der Waals surface area contributed by atoms with Gasteiger partial charge in [0.05, 0.1) is 5.69 Å². The van der Waals surface area contributed by atoms with E-state index in [1.165, 1.54) is 12.4 Å². The Morgan fingerprint density at radius 1 is 1.09 bits per heavy atom. The molecule has 0 saturated carbocycles. The molecule has 1 amide bonds. The van der Waals surface area contributed by atoms with Crippen LogP contribution in [0.4, 0.5) is 11.6 Å². The Hall–Kier alpha value is -2.64. The molecular formula is C14H10Cl2N6O. The third kappa shape index (κ3) is 3.41. The number of aromatic nitrogens is 4. The van der Waals surface area contributed by atoms with Crippen molar-refractivity contribution in [3.63, 3.8) is 0 Å². The Morgan fingerprint density at radius 3 is 2.48 bits per heavy atom. The third-order valence-electron chi connectivity index (χ3n) is 2.93. The molecule has 0 fully saturated rings. The number of nitrogens with zero attached hydrogens (tertiary/aromatic N) is 3. The first-order valence-electron chi connectivity index (χ1n) is 6.42. The second kappa shape index (κ2) is 6.23. The predicted octanol–water partition coefficient (Wildman–Crippen LogP) is 3.01. The van der Waals surface area contributed by atoms with Gasteiger partial charge in [0.15, 0.2) is 17.3 Å². The van der Waals surface area contributed by atoms with Crippen molar-refractivity contribution in [2.75, 3.05) is 11.1 Å². The third-order valence-corrected chi connectivity index (χ3v) is 3.37. The summed E-state index contributed by atoms with van der Waals surface area (Å²) in [6.45, 7) is 0. The second-order valence-electron chi connectivity index (χ2n) is 4.57. The molecule has 1 aromatic carbocycles. The lowest BCUT2D eigenvalue weighted by atomic mass is 10.1. The van der Waals surface area contributed by atoms with Crippen LogP contribution < -0.4 is 11.1 Å². The van der Waals surface area contributed by atoms with Gasteiger partial charge in [0, 0.05) is 34.1 Å². The van der Waals surface area contributed by atoms with E-state index in [-0.39, 0.29) is 11.5 Å². The number of halogens is 2. The van der Waals surface area contributed by atoms with Crippen molar-refractivity contribution in [1.29, 1.82) is 0 Å². The summed E-state index contributed by atoms with van der Waals surface area (Å²) >= 11 is 11.9. The second-order valence-corrected chi connectivity index (χ2v) is 5.44. The Kier molecular flexibility index (Phi) is 4.14. The fraction of sp³-hybridized carbons (Fsp3) is 0. The van der Waals surface area contributed by atoms with Crippen molar-refractivity contribution < 1.29 is 4.79 Å². The zero-order valence-corrected chi connectivity index (χ0v) is 13.1. The molecule has 0 saturated heterocycles. The molecule has 9 heteroatoms. The fourth-order valence-corrected chi connectivity index (χ4v) is 2.47. The van der Waals surface area contributed by atoms with E-state index in [0.717, 1.165) is 5.56 Å². The van der Waals surface area contributed by atoms with Crippen LogP contribution in [0.2, 0.25) is 10.0 Å². The summed E-state index contributed by atoms with van der Waals surface area (Å²) in [5.41, 5.74) is 7.04. The quantitative estimate of drug-likeness (QED) is 0.673. The lowest BCUT2D eigenvalue weighted by molar-refractivity contribution is 0.102. The predicted molar refractivity (Wildman–Crippen MR) is 88.4 cm³/mol. The van der Waals surface area contributed by atoms with Crippen LogP contribution in [0.25, 0.3) is 11.3 Å². The van der Waals surface area contributed by atoms with Gasteiger partial charge in [-0.3, -0.25) is 9.89 Å². The maximum Gasteiger partial charge on any atom is 0.279 e. The van der Waals surface area contributed by atoms with Gasteiger partial charge in [-0.05, 0) is 18.2 Å². The first kappa shape index (κ1) is 15.3. The van der Waals surface area contributed by atoms with E-state index in [4.69, 9.17) is 28.9 Å². The zero-order valence-electron chi connectivity index (χ0n) is 11.5. The standard InChI is InChI=1S/C14H10Cl2N6O/c15-8-3-7(4-9(16)5-8)10-6-11(22-21-10)20-14(23)12-13(17)19-2-1-18-12/h1-6H,(H2,17,19)(H2,20,21,22,23). The maximum absolute atomic E-state index is 12.1. The normalized spacial score (nSPS) is 10.5. The van der Waals surface area contributed by atoms with Crippen molar-refractivity contribution in [1.82, 2.24) is 20.2 Å². The average molecular weight is 349 g/mol. The van der Waals surface area contributed by atoms with Crippen molar-refractivity contribution >= 4 is 40.7 Å². The highest BCUT2D eigenvalue weighted by atomic mass is 35.5. The first-order chi connectivity index (χ1) is 11.0. The number of nitrogens with two attached hydrogens (primary N) is 1. The minimum atomic E-state index is -0.502. The maximum atomic E-state index is 12.1. The Labute approximate surface area is 140 Å². The highest BCUT2D eigenvalue weighted by Gasteiger charge is 2.14. The number of rotatable bonds is 3. The van der Waals surface area contributed by atoms with Crippen molar-refractivity contribution in [2.45, 2.75) is 0 Å². The summed E-state index contributed by atoms with van der Waals surface area (Å²) in [6.07, 6.45) is 2.79. The number of nitrogen functional groups attached to an aromatic ring is 1. The van der Waals surface area contributed by atoms with E-state index in [1.54, 1.807) is 24.3 Å². The molecule has 3 aromatic rings. The number of nitrogens with one attached hydrogen (secondary N) is 2. The van der Waals surface area contributed by atoms with Crippen molar-refractivity contribution in [3.05, 3.63) is 52.4 Å². The van der Waals surface area contributed by atoms with E-state index in [1.807, 2.05) is 0 Å². The van der Waals surface area contributed by atoms with Gasteiger partial charge in [-0.15, -0.1) is 0 Å². The molecule has 0 radical (unpaired) electrons. The van der Waals surface area contributed by atoms with Gasteiger partial charge in [0.25, 0.3) is 5.91 Å². The summed E-state index contributed by atoms with van der Waals surface area (Å²) in [5.74, 6) is -0.147. The molecular weight excluding hydrogens is 339 g/mol. The highest BCUT2D eigenvalue weighted by Crippen LogP contribution is 2.27. The average Bonchev–Trinajstić information content (AvgIpc) is 2.95. The Bertz CT molecular complexity index is 859. The molecule has 116 valence electrons. The highest BCUT2D eigenvalue weighted by molar-refractivity contribution is 6.35. The molecule has 7 nitrogen and oxygen atoms in total. The molecule has 4 N–H and O–H groups in total. The lowest BCUT2D eigenvalue weighted by Crippen LogP contribution is -2.16. The number of benzene rings is 1. The molecule has 0 bridgehead atoms. The summed E-state index contributed by atoms with van der Waals surface area (Å²) in [5, 5.41) is 10.4. The molecule has 2 aromatic heterocycles. The largest absolute Gasteiger partial charge is 0.382 e. The fourth-order valence-electron chi connectivity index (χ4n) is 1.94. The van der Waals surface area contributed by atoms with Crippen molar-refractivity contribution in [3.8, 4) is 11.3 Å². The molecule has 0 spiro atoms. The Balaban J connectivity index is 1.82. The number of hydrogen-bond donors (Lipinski definition) is 3. The Morgan fingerprint density at radius 2 is 1.78 bits per heavy atom. The molecule has 0 atom stereocenters. The van der Waals surface area contributed by atoms with Gasteiger partial charge in [-0.2, -0.15) is 5.10 Å². The summed E-state index contributed by atoms with van der Waals surface area (Å²) in [7, 11) is 0. The summed E-state index contributed by atoms with van der Waals surface area (Å²) in [4.78, 5) is 19.8. The van der Waals surface area contributed by atoms with Crippen LogP contribution in [-0.4, -0.2) is 26.1 Å². The van der Waals surface area contributed by atoms with Gasteiger partial charge in [-0.1, -0.05) is 23.2 Å². The summed E-state index contributed by atoms with van der Waals surface area (Å²) < 4.78 is 0. The monoisotopic (exact) mass is 348 g/mol. The number of anilines is 2. The van der Waals surface area contributed by atoms with Gasteiger partial charge in [0.2, 0.25) is 0 Å². The van der Waals surface area contributed by atoms with Gasteiger partial charge < -0.3 is 11.1 Å². The molecule has 23 heavy (non-hydrogen) atoms. The minimum Gasteiger partial charge on any atom is -0.382 e. The molecule has 0 aliphatic carbocycles. The van der Waals surface area contributed by atoms with Crippen LogP contribution in [0.15, 0.2) is 36.7 Å². The van der Waals surface area contributed by atoms with Crippen LogP contribution in [0, 0.1) is 0 Å². The molecule has 0 aliphatic rings. The van der Waals surface area contributed by atoms with E-state index in [2.05, 4.69) is 25.5 Å². The molecule has 2 heterocycles. The van der Waals surface area contributed by atoms with Crippen LogP contribution in [0.1, 0.15) is 10.5 Å².